The molecule has 0 radical (unpaired) electrons. The highest BCUT2D eigenvalue weighted by atomic mass is 35.5. The minimum absolute atomic E-state index is 0.159. The number of nitrogens with zero attached hydrogens (tertiary/aromatic N) is 2. The first-order valence-electron chi connectivity index (χ1n) is 8.40. The molecule has 2 heterocycles. The lowest BCUT2D eigenvalue weighted by Crippen LogP contribution is -2.49. The van der Waals surface area contributed by atoms with Gasteiger partial charge in [0.25, 0.3) is 0 Å². The summed E-state index contributed by atoms with van der Waals surface area (Å²) in [5.74, 6) is 1.96. The van der Waals surface area contributed by atoms with Crippen molar-refractivity contribution in [3.05, 3.63) is 28.2 Å². The molecule has 2 saturated heterocycles. The number of benzene rings is 1. The molecule has 1 aromatic rings. The van der Waals surface area contributed by atoms with Crippen LogP contribution in [-0.4, -0.2) is 65.3 Å². The van der Waals surface area contributed by atoms with Crippen molar-refractivity contribution in [2.75, 3.05) is 43.0 Å². The van der Waals surface area contributed by atoms with Gasteiger partial charge in [-0.2, -0.15) is 11.8 Å². The third kappa shape index (κ3) is 4.82. The van der Waals surface area contributed by atoms with E-state index in [4.69, 9.17) is 23.2 Å². The molecular weight excluding hydrogens is 381 g/mol. The van der Waals surface area contributed by atoms with Crippen LogP contribution in [0.25, 0.3) is 0 Å². The number of rotatable bonds is 4. The molecule has 2 fully saturated rings. The van der Waals surface area contributed by atoms with E-state index in [9.17, 15) is 9.59 Å². The van der Waals surface area contributed by atoms with Crippen LogP contribution in [0.5, 0.6) is 0 Å². The molecule has 2 aliphatic rings. The first-order valence-corrected chi connectivity index (χ1v) is 10.3. The number of amides is 2. The molecule has 8 heteroatoms. The van der Waals surface area contributed by atoms with Crippen molar-refractivity contribution in [2.45, 2.75) is 18.9 Å². The van der Waals surface area contributed by atoms with Crippen LogP contribution in [0, 0.1) is 0 Å². The standard InChI is InChI=1S/C17H21Cl2N3O2S/c18-12-3-4-13(19)14(10-12)20-16(23)11-22-5-1-2-15(22)17(24)21-6-8-25-9-7-21/h3-4,10,15H,1-2,5-9,11H2,(H,20,23). The van der Waals surface area contributed by atoms with Crippen LogP contribution >= 0.6 is 35.0 Å². The van der Waals surface area contributed by atoms with E-state index in [1.807, 2.05) is 21.6 Å². The molecule has 5 nitrogen and oxygen atoms in total. The van der Waals surface area contributed by atoms with Crippen molar-refractivity contribution in [3.63, 3.8) is 0 Å². The number of anilines is 1. The first-order chi connectivity index (χ1) is 12.0. The zero-order chi connectivity index (χ0) is 17.8. The quantitative estimate of drug-likeness (QED) is 0.842. The van der Waals surface area contributed by atoms with Gasteiger partial charge in [0, 0.05) is 29.6 Å². The van der Waals surface area contributed by atoms with Crippen molar-refractivity contribution in [1.29, 1.82) is 0 Å². The third-order valence-corrected chi connectivity index (χ3v) is 6.03. The average molecular weight is 402 g/mol. The van der Waals surface area contributed by atoms with Crippen LogP contribution < -0.4 is 5.32 Å². The Bertz CT molecular complexity index is 653. The number of nitrogens with one attached hydrogen (secondary N) is 1. The van der Waals surface area contributed by atoms with E-state index in [2.05, 4.69) is 5.32 Å². The lowest BCUT2D eigenvalue weighted by Gasteiger charge is -2.32. The van der Waals surface area contributed by atoms with Crippen LogP contribution in [0.3, 0.4) is 0 Å². The highest BCUT2D eigenvalue weighted by molar-refractivity contribution is 7.99. The van der Waals surface area contributed by atoms with E-state index < -0.39 is 0 Å². The van der Waals surface area contributed by atoms with Crippen LogP contribution in [0.15, 0.2) is 18.2 Å². The maximum atomic E-state index is 12.8. The van der Waals surface area contributed by atoms with Crippen molar-refractivity contribution >= 4 is 52.5 Å². The van der Waals surface area contributed by atoms with Gasteiger partial charge in [-0.25, -0.2) is 0 Å². The van der Waals surface area contributed by atoms with Gasteiger partial charge < -0.3 is 10.2 Å². The lowest BCUT2D eigenvalue weighted by atomic mass is 10.2. The second-order valence-electron chi connectivity index (χ2n) is 6.24. The summed E-state index contributed by atoms with van der Waals surface area (Å²) in [5, 5.41) is 3.74. The van der Waals surface area contributed by atoms with Gasteiger partial charge in [0.05, 0.1) is 23.3 Å². The Morgan fingerprint density at radius 3 is 2.72 bits per heavy atom. The Morgan fingerprint density at radius 1 is 1.20 bits per heavy atom. The Labute approximate surface area is 162 Å². The second-order valence-corrected chi connectivity index (χ2v) is 8.31. The van der Waals surface area contributed by atoms with Gasteiger partial charge in [-0.15, -0.1) is 0 Å². The SMILES string of the molecule is O=C(CN1CCCC1C(=O)N1CCSCC1)Nc1cc(Cl)ccc1Cl. The topological polar surface area (TPSA) is 52.7 Å². The number of hydrogen-bond acceptors (Lipinski definition) is 4. The van der Waals surface area contributed by atoms with Gasteiger partial charge in [-0.1, -0.05) is 23.2 Å². The number of carbonyl (C=O) groups excluding carboxylic acids is 2. The summed E-state index contributed by atoms with van der Waals surface area (Å²) in [6.45, 7) is 2.55. The minimum Gasteiger partial charge on any atom is -0.340 e. The fourth-order valence-corrected chi connectivity index (χ4v) is 4.50. The van der Waals surface area contributed by atoms with Crippen LogP contribution in [0.4, 0.5) is 5.69 Å². The number of halogens is 2. The average Bonchev–Trinajstić information content (AvgIpc) is 3.06. The molecule has 0 bridgehead atoms. The minimum atomic E-state index is -0.191. The van der Waals surface area contributed by atoms with E-state index in [0.29, 0.717) is 15.7 Å². The van der Waals surface area contributed by atoms with E-state index >= 15 is 0 Å². The monoisotopic (exact) mass is 401 g/mol. The smallest absolute Gasteiger partial charge is 0.239 e. The van der Waals surface area contributed by atoms with Gasteiger partial charge >= 0.3 is 0 Å². The first kappa shape index (κ1) is 18.8. The van der Waals surface area contributed by atoms with Crippen molar-refractivity contribution in [3.8, 4) is 0 Å². The van der Waals surface area contributed by atoms with Gasteiger partial charge in [0.2, 0.25) is 11.8 Å². The van der Waals surface area contributed by atoms with Crippen molar-refractivity contribution in [1.82, 2.24) is 9.80 Å². The van der Waals surface area contributed by atoms with Gasteiger partial charge in [0.15, 0.2) is 0 Å². The summed E-state index contributed by atoms with van der Waals surface area (Å²) >= 11 is 13.9. The largest absolute Gasteiger partial charge is 0.340 e. The van der Waals surface area contributed by atoms with E-state index in [1.54, 1.807) is 18.2 Å². The molecule has 0 aromatic heterocycles. The van der Waals surface area contributed by atoms with E-state index in [1.165, 1.54) is 0 Å². The zero-order valence-electron chi connectivity index (χ0n) is 13.8. The van der Waals surface area contributed by atoms with Crippen LogP contribution in [0.1, 0.15) is 12.8 Å². The summed E-state index contributed by atoms with van der Waals surface area (Å²) in [5.41, 5.74) is 0.495. The maximum absolute atomic E-state index is 12.8. The lowest BCUT2D eigenvalue weighted by molar-refractivity contribution is -0.136. The molecule has 1 aromatic carbocycles. The molecule has 0 aliphatic carbocycles. The highest BCUT2D eigenvalue weighted by Gasteiger charge is 2.35. The Balaban J connectivity index is 1.59. The predicted molar refractivity (Wildman–Crippen MR) is 104 cm³/mol. The van der Waals surface area contributed by atoms with Crippen molar-refractivity contribution < 1.29 is 9.59 Å². The summed E-state index contributed by atoms with van der Waals surface area (Å²) < 4.78 is 0. The third-order valence-electron chi connectivity index (χ3n) is 4.52. The molecule has 0 spiro atoms. The van der Waals surface area contributed by atoms with Gasteiger partial charge in [-0.3, -0.25) is 14.5 Å². The molecule has 1 N–H and O–H groups in total. The summed E-state index contributed by atoms with van der Waals surface area (Å²) in [6, 6.07) is 4.75. The predicted octanol–water partition coefficient (Wildman–Crippen LogP) is 2.97. The number of carbonyl (C=O) groups is 2. The number of likely N-dealkylation sites (tertiary alicyclic amines) is 1. The Morgan fingerprint density at radius 2 is 1.96 bits per heavy atom. The van der Waals surface area contributed by atoms with Gasteiger partial charge in [-0.05, 0) is 37.6 Å². The summed E-state index contributed by atoms with van der Waals surface area (Å²) in [7, 11) is 0. The fraction of sp³-hybridized carbons (Fsp3) is 0.529. The molecule has 0 saturated carbocycles. The summed E-state index contributed by atoms with van der Waals surface area (Å²) in [4.78, 5) is 29.1. The van der Waals surface area contributed by atoms with Crippen LogP contribution in [0.2, 0.25) is 10.0 Å². The molecule has 136 valence electrons. The molecule has 1 atom stereocenters. The van der Waals surface area contributed by atoms with Crippen molar-refractivity contribution in [2.24, 2.45) is 0 Å². The molecular formula is C17H21Cl2N3O2S. The maximum Gasteiger partial charge on any atom is 0.239 e. The highest BCUT2D eigenvalue weighted by Crippen LogP contribution is 2.26. The fourth-order valence-electron chi connectivity index (χ4n) is 3.26. The van der Waals surface area contributed by atoms with E-state index in [0.717, 1.165) is 44.0 Å². The molecule has 25 heavy (non-hydrogen) atoms. The normalized spacial score (nSPS) is 21.4. The molecule has 1 unspecified atom stereocenters. The Kier molecular flexibility index (Phi) is 6.49. The summed E-state index contributed by atoms with van der Waals surface area (Å²) in [6.07, 6.45) is 1.75. The molecule has 2 aliphatic heterocycles. The molecule has 2 amide bonds. The van der Waals surface area contributed by atoms with Gasteiger partial charge in [0.1, 0.15) is 0 Å². The number of hydrogen-bond donors (Lipinski definition) is 1. The zero-order valence-corrected chi connectivity index (χ0v) is 16.2. The van der Waals surface area contributed by atoms with E-state index in [-0.39, 0.29) is 24.4 Å². The van der Waals surface area contributed by atoms with Crippen LogP contribution in [-0.2, 0) is 9.59 Å². The Hall–Kier alpha value is -0.950. The second kappa shape index (κ2) is 8.62. The number of thioether (sulfide) groups is 1. The molecule has 3 rings (SSSR count).